The van der Waals surface area contributed by atoms with E-state index >= 15 is 0 Å². The third-order valence-corrected chi connectivity index (χ3v) is 3.59. The Kier molecular flexibility index (Phi) is 4.24. The maximum atomic E-state index is 13.6. The lowest BCUT2D eigenvalue weighted by Crippen LogP contribution is -2.41. The Morgan fingerprint density at radius 2 is 2.00 bits per heavy atom. The van der Waals surface area contributed by atoms with Crippen molar-refractivity contribution in [1.82, 2.24) is 4.90 Å². The quantitative estimate of drug-likeness (QED) is 0.907. The predicted octanol–water partition coefficient (Wildman–Crippen LogP) is 3.04. The molecule has 1 aliphatic rings. The molecule has 6 heteroatoms. The van der Waals surface area contributed by atoms with Gasteiger partial charge in [0, 0.05) is 32.1 Å². The number of anilines is 1. The van der Waals surface area contributed by atoms with Crippen molar-refractivity contribution in [2.75, 3.05) is 18.4 Å². The van der Waals surface area contributed by atoms with Gasteiger partial charge in [0.15, 0.2) is 5.82 Å². The highest BCUT2D eigenvalue weighted by molar-refractivity contribution is 6.33. The van der Waals surface area contributed by atoms with Crippen LogP contribution in [0.2, 0.25) is 5.02 Å². The van der Waals surface area contributed by atoms with Crippen molar-refractivity contribution in [3.8, 4) is 0 Å². The minimum absolute atomic E-state index is 0.0338. The normalized spacial score (nSPS) is 16.5. The van der Waals surface area contributed by atoms with Gasteiger partial charge >= 0.3 is 0 Å². The highest BCUT2D eigenvalue weighted by atomic mass is 35.5. The monoisotopic (exact) mass is 288 g/mol. The predicted molar refractivity (Wildman–Crippen MR) is 70.3 cm³/mol. The molecule has 0 aliphatic carbocycles. The van der Waals surface area contributed by atoms with E-state index in [-0.39, 0.29) is 22.7 Å². The second-order valence-corrected chi connectivity index (χ2v) is 5.08. The van der Waals surface area contributed by atoms with Gasteiger partial charge in [-0.05, 0) is 18.9 Å². The van der Waals surface area contributed by atoms with Crippen molar-refractivity contribution >= 4 is 23.2 Å². The largest absolute Gasteiger partial charge is 0.379 e. The standard InChI is InChI=1S/C13H15ClF2N2O/c1-8(19)18-4-2-10(3-5-18)17-13-11(14)6-9(15)7-12(13)16/h6-7,10,17H,2-5H2,1H3. The maximum Gasteiger partial charge on any atom is 0.219 e. The lowest BCUT2D eigenvalue weighted by atomic mass is 10.0. The highest BCUT2D eigenvalue weighted by Gasteiger charge is 2.22. The summed E-state index contributed by atoms with van der Waals surface area (Å²) >= 11 is 5.83. The summed E-state index contributed by atoms with van der Waals surface area (Å²) in [5.74, 6) is -1.34. The Morgan fingerprint density at radius 1 is 1.37 bits per heavy atom. The van der Waals surface area contributed by atoms with E-state index in [0.717, 1.165) is 12.1 Å². The molecule has 19 heavy (non-hydrogen) atoms. The van der Waals surface area contributed by atoms with Gasteiger partial charge < -0.3 is 10.2 Å². The first kappa shape index (κ1) is 14.1. The van der Waals surface area contributed by atoms with Gasteiger partial charge in [-0.15, -0.1) is 0 Å². The molecule has 0 radical (unpaired) electrons. The van der Waals surface area contributed by atoms with Crippen LogP contribution in [0.15, 0.2) is 12.1 Å². The van der Waals surface area contributed by atoms with E-state index in [1.54, 1.807) is 4.90 Å². The minimum atomic E-state index is -0.695. The van der Waals surface area contributed by atoms with Crippen LogP contribution in [0.4, 0.5) is 14.5 Å². The van der Waals surface area contributed by atoms with Crippen molar-refractivity contribution in [3.05, 3.63) is 28.8 Å². The van der Waals surface area contributed by atoms with Gasteiger partial charge in [-0.3, -0.25) is 4.79 Å². The van der Waals surface area contributed by atoms with Crippen LogP contribution < -0.4 is 5.32 Å². The number of halogens is 3. The summed E-state index contributed by atoms with van der Waals surface area (Å²) in [5.41, 5.74) is 0.129. The molecular weight excluding hydrogens is 274 g/mol. The van der Waals surface area contributed by atoms with Gasteiger partial charge in [0.1, 0.15) is 5.82 Å². The summed E-state index contributed by atoms with van der Waals surface area (Å²) in [6, 6.07) is 1.92. The van der Waals surface area contributed by atoms with E-state index in [2.05, 4.69) is 5.32 Å². The van der Waals surface area contributed by atoms with Gasteiger partial charge in [0.25, 0.3) is 0 Å². The lowest BCUT2D eigenvalue weighted by Gasteiger charge is -2.32. The van der Waals surface area contributed by atoms with Gasteiger partial charge in [-0.1, -0.05) is 11.6 Å². The zero-order valence-electron chi connectivity index (χ0n) is 10.5. The molecule has 0 unspecified atom stereocenters. The number of carbonyl (C=O) groups is 1. The summed E-state index contributed by atoms with van der Waals surface area (Å²) in [4.78, 5) is 12.9. The zero-order valence-corrected chi connectivity index (χ0v) is 11.3. The number of likely N-dealkylation sites (tertiary alicyclic amines) is 1. The summed E-state index contributed by atoms with van der Waals surface area (Å²) in [7, 11) is 0. The molecule has 1 N–H and O–H groups in total. The first-order valence-corrected chi connectivity index (χ1v) is 6.51. The molecule has 0 aromatic heterocycles. The van der Waals surface area contributed by atoms with E-state index in [1.807, 2.05) is 0 Å². The molecule has 1 heterocycles. The first-order valence-electron chi connectivity index (χ1n) is 6.14. The fourth-order valence-electron chi connectivity index (χ4n) is 2.22. The molecule has 1 saturated heterocycles. The average Bonchev–Trinajstić information content (AvgIpc) is 2.34. The highest BCUT2D eigenvalue weighted by Crippen LogP contribution is 2.28. The summed E-state index contributed by atoms with van der Waals surface area (Å²) in [6.45, 7) is 2.80. The van der Waals surface area contributed by atoms with Crippen LogP contribution in [0, 0.1) is 11.6 Å². The number of benzene rings is 1. The van der Waals surface area contributed by atoms with Gasteiger partial charge in [0.05, 0.1) is 10.7 Å². The van der Waals surface area contributed by atoms with Crippen molar-refractivity contribution in [2.24, 2.45) is 0 Å². The molecule has 1 fully saturated rings. The molecule has 1 amide bonds. The molecule has 1 aromatic rings. The minimum Gasteiger partial charge on any atom is -0.379 e. The third kappa shape index (κ3) is 3.35. The number of nitrogens with zero attached hydrogens (tertiary/aromatic N) is 1. The molecule has 0 bridgehead atoms. The summed E-state index contributed by atoms with van der Waals surface area (Å²) in [5, 5.41) is 3.03. The van der Waals surface area contributed by atoms with Crippen LogP contribution in [-0.4, -0.2) is 29.9 Å². The van der Waals surface area contributed by atoms with E-state index < -0.39 is 11.6 Å². The van der Waals surface area contributed by atoms with Crippen molar-refractivity contribution < 1.29 is 13.6 Å². The average molecular weight is 289 g/mol. The number of hydrogen-bond acceptors (Lipinski definition) is 2. The van der Waals surface area contributed by atoms with E-state index in [1.165, 1.54) is 6.92 Å². The Labute approximate surface area is 115 Å². The molecular formula is C13H15ClF2N2O. The van der Waals surface area contributed by atoms with Crippen LogP contribution in [0.25, 0.3) is 0 Å². The molecule has 2 rings (SSSR count). The van der Waals surface area contributed by atoms with Crippen LogP contribution in [0.5, 0.6) is 0 Å². The molecule has 1 aromatic carbocycles. The Morgan fingerprint density at radius 3 is 2.53 bits per heavy atom. The van der Waals surface area contributed by atoms with E-state index in [0.29, 0.717) is 25.9 Å². The van der Waals surface area contributed by atoms with Gasteiger partial charge in [-0.2, -0.15) is 0 Å². The number of nitrogens with one attached hydrogen (secondary N) is 1. The fraction of sp³-hybridized carbons (Fsp3) is 0.462. The smallest absolute Gasteiger partial charge is 0.219 e. The van der Waals surface area contributed by atoms with Crippen LogP contribution in [0.1, 0.15) is 19.8 Å². The summed E-state index contributed by atoms with van der Waals surface area (Å²) < 4.78 is 26.6. The zero-order chi connectivity index (χ0) is 14.0. The van der Waals surface area contributed by atoms with Gasteiger partial charge in [-0.25, -0.2) is 8.78 Å². The van der Waals surface area contributed by atoms with E-state index in [9.17, 15) is 13.6 Å². The SMILES string of the molecule is CC(=O)N1CCC(Nc2c(F)cc(F)cc2Cl)CC1. The lowest BCUT2D eigenvalue weighted by molar-refractivity contribution is -0.129. The second-order valence-electron chi connectivity index (χ2n) is 4.67. The Hall–Kier alpha value is -1.36. The van der Waals surface area contributed by atoms with Gasteiger partial charge in [0.2, 0.25) is 5.91 Å². The number of hydrogen-bond donors (Lipinski definition) is 1. The van der Waals surface area contributed by atoms with Crippen molar-refractivity contribution in [2.45, 2.75) is 25.8 Å². The number of carbonyl (C=O) groups excluding carboxylic acids is 1. The topological polar surface area (TPSA) is 32.3 Å². The third-order valence-electron chi connectivity index (χ3n) is 3.30. The van der Waals surface area contributed by atoms with Crippen LogP contribution in [-0.2, 0) is 4.79 Å². The second kappa shape index (κ2) is 5.74. The Balaban J connectivity index is 2.02. The van der Waals surface area contributed by atoms with Crippen LogP contribution in [0.3, 0.4) is 0 Å². The van der Waals surface area contributed by atoms with Crippen molar-refractivity contribution in [3.63, 3.8) is 0 Å². The first-order chi connectivity index (χ1) is 8.97. The molecule has 1 aliphatic heterocycles. The molecule has 104 valence electrons. The molecule has 0 spiro atoms. The molecule has 0 atom stereocenters. The number of piperidine rings is 1. The van der Waals surface area contributed by atoms with Crippen LogP contribution >= 0.6 is 11.6 Å². The van der Waals surface area contributed by atoms with Crippen molar-refractivity contribution in [1.29, 1.82) is 0 Å². The Bertz CT molecular complexity index is 465. The molecule has 0 saturated carbocycles. The van der Waals surface area contributed by atoms with E-state index in [4.69, 9.17) is 11.6 Å². The molecule has 3 nitrogen and oxygen atoms in total. The summed E-state index contributed by atoms with van der Waals surface area (Å²) in [6.07, 6.45) is 1.43. The fourth-order valence-corrected chi connectivity index (χ4v) is 2.47. The number of amides is 1. The number of rotatable bonds is 2. The maximum absolute atomic E-state index is 13.6.